The van der Waals surface area contributed by atoms with E-state index in [0.717, 1.165) is 11.3 Å². The van der Waals surface area contributed by atoms with E-state index in [4.69, 9.17) is 9.47 Å². The highest BCUT2D eigenvalue weighted by Crippen LogP contribution is 2.17. The molecule has 1 fully saturated rings. The fourth-order valence-electron chi connectivity index (χ4n) is 1.56. The van der Waals surface area contributed by atoms with Crippen molar-refractivity contribution < 1.29 is 19.1 Å². The van der Waals surface area contributed by atoms with E-state index in [2.05, 4.69) is 0 Å². The fraction of sp³-hybridized carbons (Fsp3) is 0.818. The van der Waals surface area contributed by atoms with Gasteiger partial charge in [0.1, 0.15) is 11.7 Å². The molecule has 2 amide bonds. The summed E-state index contributed by atoms with van der Waals surface area (Å²) in [6, 6.07) is 0. The van der Waals surface area contributed by atoms with Crippen molar-refractivity contribution in [2.45, 2.75) is 45.3 Å². The molecule has 1 heterocycles. The Morgan fingerprint density at radius 3 is 2.56 bits per heavy atom. The fourth-order valence-corrected chi connectivity index (χ4v) is 1.56. The molecule has 92 valence electrons. The van der Waals surface area contributed by atoms with Crippen LogP contribution in [-0.4, -0.2) is 42.3 Å². The van der Waals surface area contributed by atoms with Crippen LogP contribution in [0.1, 0.15) is 33.6 Å². The third-order valence-corrected chi connectivity index (χ3v) is 2.29. The predicted octanol–water partition coefficient (Wildman–Crippen LogP) is 1.56. The highest BCUT2D eigenvalue weighted by Gasteiger charge is 2.35. The Hall–Kier alpha value is -1.10. The molecular weight excluding hydrogens is 210 g/mol. The zero-order valence-electron chi connectivity index (χ0n) is 10.3. The molecular formula is C11H19NO4. The number of methoxy groups -OCH3 is 1. The average molecular weight is 229 g/mol. The van der Waals surface area contributed by atoms with Crippen LogP contribution < -0.4 is 0 Å². The van der Waals surface area contributed by atoms with E-state index in [1.807, 2.05) is 0 Å². The molecule has 0 aromatic heterocycles. The van der Waals surface area contributed by atoms with Crippen molar-refractivity contribution in [1.29, 1.82) is 0 Å². The molecule has 1 unspecified atom stereocenters. The van der Waals surface area contributed by atoms with Gasteiger partial charge >= 0.3 is 6.09 Å². The van der Waals surface area contributed by atoms with Gasteiger partial charge in [-0.25, -0.2) is 9.69 Å². The predicted molar refractivity (Wildman–Crippen MR) is 58.0 cm³/mol. The van der Waals surface area contributed by atoms with E-state index >= 15 is 0 Å². The minimum Gasteiger partial charge on any atom is -0.443 e. The van der Waals surface area contributed by atoms with Crippen molar-refractivity contribution >= 4 is 12.0 Å². The largest absolute Gasteiger partial charge is 0.443 e. The zero-order chi connectivity index (χ0) is 12.3. The number of carbonyl (C=O) groups excluding carboxylic acids is 2. The molecule has 0 N–H and O–H groups in total. The van der Waals surface area contributed by atoms with E-state index in [0.29, 0.717) is 13.0 Å². The Morgan fingerprint density at radius 1 is 1.44 bits per heavy atom. The summed E-state index contributed by atoms with van der Waals surface area (Å²) in [5, 5.41) is 0. The van der Waals surface area contributed by atoms with Crippen molar-refractivity contribution in [1.82, 2.24) is 4.90 Å². The van der Waals surface area contributed by atoms with E-state index < -0.39 is 17.8 Å². The summed E-state index contributed by atoms with van der Waals surface area (Å²) >= 11 is 0. The number of rotatable bonds is 1. The molecule has 0 saturated carbocycles. The quantitative estimate of drug-likeness (QED) is 0.684. The van der Waals surface area contributed by atoms with Crippen molar-refractivity contribution in [2.24, 2.45) is 0 Å². The van der Waals surface area contributed by atoms with Gasteiger partial charge in [0.15, 0.2) is 0 Å². The molecule has 1 aliphatic rings. The summed E-state index contributed by atoms with van der Waals surface area (Å²) in [6.45, 7) is 5.72. The van der Waals surface area contributed by atoms with Crippen LogP contribution in [0.25, 0.3) is 0 Å². The van der Waals surface area contributed by atoms with Gasteiger partial charge in [-0.05, 0) is 33.6 Å². The first-order valence-electron chi connectivity index (χ1n) is 5.42. The smallest absolute Gasteiger partial charge is 0.417 e. The maximum Gasteiger partial charge on any atom is 0.417 e. The lowest BCUT2D eigenvalue weighted by atomic mass is 10.1. The molecule has 0 aliphatic carbocycles. The monoisotopic (exact) mass is 229 g/mol. The van der Waals surface area contributed by atoms with Crippen molar-refractivity contribution in [3.63, 3.8) is 0 Å². The first kappa shape index (κ1) is 13.0. The lowest BCUT2D eigenvalue weighted by Gasteiger charge is -2.31. The molecule has 1 aliphatic heterocycles. The molecule has 1 rings (SSSR count). The average Bonchev–Trinajstić information content (AvgIpc) is 2.15. The molecule has 1 atom stereocenters. The molecule has 0 bridgehead atoms. The number of hydrogen-bond acceptors (Lipinski definition) is 4. The van der Waals surface area contributed by atoms with Gasteiger partial charge in [0.05, 0.1) is 0 Å². The number of carbonyl (C=O) groups is 2. The van der Waals surface area contributed by atoms with Gasteiger partial charge in [-0.1, -0.05) is 0 Å². The minimum absolute atomic E-state index is 0.303. The van der Waals surface area contributed by atoms with Crippen LogP contribution in [0.15, 0.2) is 0 Å². The summed E-state index contributed by atoms with van der Waals surface area (Å²) in [4.78, 5) is 24.6. The van der Waals surface area contributed by atoms with E-state index in [1.54, 1.807) is 20.8 Å². The van der Waals surface area contributed by atoms with Crippen LogP contribution in [0.4, 0.5) is 4.79 Å². The van der Waals surface area contributed by atoms with Gasteiger partial charge < -0.3 is 9.47 Å². The number of amides is 2. The highest BCUT2D eigenvalue weighted by molar-refractivity contribution is 5.95. The minimum atomic E-state index is -0.586. The SMILES string of the molecule is COC1CCCN(C(=O)OC(C)(C)C)C1=O. The maximum absolute atomic E-state index is 11.8. The topological polar surface area (TPSA) is 55.8 Å². The van der Waals surface area contributed by atoms with Crippen molar-refractivity contribution in [2.75, 3.05) is 13.7 Å². The number of nitrogens with zero attached hydrogens (tertiary/aromatic N) is 1. The Bertz CT molecular complexity index is 282. The van der Waals surface area contributed by atoms with E-state index in [9.17, 15) is 9.59 Å². The van der Waals surface area contributed by atoms with Crippen LogP contribution in [0.5, 0.6) is 0 Å². The molecule has 0 radical (unpaired) electrons. The third kappa shape index (κ3) is 3.20. The van der Waals surface area contributed by atoms with Crippen LogP contribution >= 0.6 is 0 Å². The van der Waals surface area contributed by atoms with Crippen LogP contribution in [0, 0.1) is 0 Å². The molecule has 0 aromatic carbocycles. The first-order chi connectivity index (χ1) is 7.35. The van der Waals surface area contributed by atoms with Crippen molar-refractivity contribution in [3.8, 4) is 0 Å². The zero-order valence-corrected chi connectivity index (χ0v) is 10.3. The standard InChI is InChI=1S/C11H19NO4/c1-11(2,3)16-10(14)12-7-5-6-8(15-4)9(12)13/h8H,5-7H2,1-4H3. The summed E-state index contributed by atoms with van der Waals surface area (Å²) in [7, 11) is 1.47. The van der Waals surface area contributed by atoms with Gasteiger partial charge in [-0.15, -0.1) is 0 Å². The summed E-state index contributed by atoms with van der Waals surface area (Å²) in [5.74, 6) is -0.303. The second-order valence-corrected chi connectivity index (χ2v) is 4.84. The summed E-state index contributed by atoms with van der Waals surface area (Å²) in [5.41, 5.74) is -0.586. The molecule has 5 nitrogen and oxygen atoms in total. The van der Waals surface area contributed by atoms with E-state index in [-0.39, 0.29) is 5.91 Å². The Balaban J connectivity index is 2.65. The Kier molecular flexibility index (Phi) is 3.91. The lowest BCUT2D eigenvalue weighted by Crippen LogP contribution is -2.49. The van der Waals surface area contributed by atoms with Gasteiger partial charge in [0.2, 0.25) is 0 Å². The van der Waals surface area contributed by atoms with Gasteiger partial charge in [0.25, 0.3) is 5.91 Å². The molecule has 5 heteroatoms. The highest BCUT2D eigenvalue weighted by atomic mass is 16.6. The van der Waals surface area contributed by atoms with Gasteiger partial charge in [-0.3, -0.25) is 4.79 Å². The molecule has 16 heavy (non-hydrogen) atoms. The normalized spacial score (nSPS) is 22.1. The number of hydrogen-bond donors (Lipinski definition) is 0. The molecule has 0 spiro atoms. The first-order valence-corrected chi connectivity index (χ1v) is 5.42. The second kappa shape index (κ2) is 4.82. The summed E-state index contributed by atoms with van der Waals surface area (Å²) in [6.07, 6.45) is 0.318. The Morgan fingerprint density at radius 2 is 2.06 bits per heavy atom. The van der Waals surface area contributed by atoms with Gasteiger partial charge in [-0.2, -0.15) is 0 Å². The number of likely N-dealkylation sites (tertiary alicyclic amines) is 1. The molecule has 0 aromatic rings. The van der Waals surface area contributed by atoms with E-state index in [1.165, 1.54) is 7.11 Å². The lowest BCUT2D eigenvalue weighted by molar-refractivity contribution is -0.144. The van der Waals surface area contributed by atoms with Crippen LogP contribution in [-0.2, 0) is 14.3 Å². The van der Waals surface area contributed by atoms with Crippen molar-refractivity contribution in [3.05, 3.63) is 0 Å². The Labute approximate surface area is 95.7 Å². The van der Waals surface area contributed by atoms with Crippen LogP contribution in [0.3, 0.4) is 0 Å². The number of imide groups is 1. The van der Waals surface area contributed by atoms with Crippen LogP contribution in [0.2, 0.25) is 0 Å². The number of ether oxygens (including phenoxy) is 2. The second-order valence-electron chi connectivity index (χ2n) is 4.84. The summed E-state index contributed by atoms with van der Waals surface area (Å²) < 4.78 is 10.2. The third-order valence-electron chi connectivity index (χ3n) is 2.29. The number of piperidine rings is 1. The molecule has 1 saturated heterocycles. The maximum atomic E-state index is 11.8. The van der Waals surface area contributed by atoms with Gasteiger partial charge in [0, 0.05) is 13.7 Å².